The number of carbonyl (C=O) groups excluding carboxylic acids is 1. The van der Waals surface area contributed by atoms with E-state index in [-0.39, 0.29) is 19.1 Å². The average Bonchev–Trinajstić information content (AvgIpc) is 2.72. The Morgan fingerprint density at radius 3 is 2.57 bits per heavy atom. The fourth-order valence-electron chi connectivity index (χ4n) is 2.25. The van der Waals surface area contributed by atoms with Gasteiger partial charge in [0.15, 0.2) is 0 Å². The molecule has 0 aliphatic rings. The molecule has 6 heteroatoms. The average molecular weight is 288 g/mol. The number of benzene rings is 1. The molecule has 0 radical (unpaired) electrons. The Bertz CT molecular complexity index is 622. The molecule has 0 saturated carbocycles. The molecule has 3 N–H and O–H groups in total. The van der Waals surface area contributed by atoms with Crippen LogP contribution in [0, 0.1) is 6.92 Å². The molecule has 0 fully saturated rings. The van der Waals surface area contributed by atoms with Crippen molar-refractivity contribution in [3.05, 3.63) is 47.3 Å². The van der Waals surface area contributed by atoms with Crippen molar-refractivity contribution in [3.8, 4) is 0 Å². The number of anilines is 1. The number of nitrogens with zero attached hydrogens (tertiary/aromatic N) is 3. The molecule has 0 unspecified atom stereocenters. The zero-order chi connectivity index (χ0) is 15.4. The van der Waals surface area contributed by atoms with Crippen molar-refractivity contribution in [2.45, 2.75) is 13.5 Å². The molecule has 2 rings (SSSR count). The number of carbonyl (C=O) groups is 1. The molecular formula is C15H20N4O2. The van der Waals surface area contributed by atoms with Crippen LogP contribution >= 0.6 is 0 Å². The number of nitrogens with two attached hydrogens (primary N) is 1. The molecule has 0 aliphatic carbocycles. The van der Waals surface area contributed by atoms with E-state index in [1.54, 1.807) is 18.9 Å². The molecule has 21 heavy (non-hydrogen) atoms. The fraction of sp³-hybridized carbons (Fsp3) is 0.333. The van der Waals surface area contributed by atoms with Gasteiger partial charge in [0, 0.05) is 20.1 Å². The Labute approximate surface area is 123 Å². The normalized spacial score (nSPS) is 10.6. The lowest BCUT2D eigenvalue weighted by Gasteiger charge is -2.22. The van der Waals surface area contributed by atoms with Gasteiger partial charge in [-0.05, 0) is 12.5 Å². The summed E-state index contributed by atoms with van der Waals surface area (Å²) in [4.78, 5) is 14.2. The Hall–Kier alpha value is -2.34. The highest BCUT2D eigenvalue weighted by atomic mass is 16.3. The number of amides is 1. The predicted octanol–water partition coefficient (Wildman–Crippen LogP) is 0.945. The second-order valence-electron chi connectivity index (χ2n) is 4.91. The highest BCUT2D eigenvalue weighted by Gasteiger charge is 2.23. The summed E-state index contributed by atoms with van der Waals surface area (Å²) in [5, 5.41) is 13.4. The number of nitrogen functional groups attached to an aromatic ring is 1. The maximum absolute atomic E-state index is 12.7. The lowest BCUT2D eigenvalue weighted by molar-refractivity contribution is 0.0698. The van der Waals surface area contributed by atoms with E-state index >= 15 is 0 Å². The SMILES string of the molecule is Cc1nn(C)c(C(=O)N(CCO)Cc2ccccc2)c1N. The molecule has 6 nitrogen and oxygen atoms in total. The van der Waals surface area contributed by atoms with Gasteiger partial charge in [0.1, 0.15) is 5.69 Å². The topological polar surface area (TPSA) is 84.4 Å². The molecule has 0 saturated heterocycles. The van der Waals surface area contributed by atoms with Crippen LogP contribution in [-0.2, 0) is 13.6 Å². The minimum absolute atomic E-state index is 0.102. The zero-order valence-corrected chi connectivity index (χ0v) is 12.3. The number of aryl methyl sites for hydroxylation is 2. The molecule has 1 heterocycles. The maximum atomic E-state index is 12.7. The van der Waals surface area contributed by atoms with Gasteiger partial charge in [-0.2, -0.15) is 5.10 Å². The van der Waals surface area contributed by atoms with Crippen molar-refractivity contribution in [2.75, 3.05) is 18.9 Å². The highest BCUT2D eigenvalue weighted by molar-refractivity contribution is 5.97. The number of rotatable bonds is 5. The third kappa shape index (κ3) is 3.22. The molecule has 1 aromatic carbocycles. The first-order valence-corrected chi connectivity index (χ1v) is 6.77. The Balaban J connectivity index is 2.27. The number of aliphatic hydroxyl groups excluding tert-OH is 1. The predicted molar refractivity (Wildman–Crippen MR) is 80.6 cm³/mol. The third-order valence-corrected chi connectivity index (χ3v) is 3.34. The Morgan fingerprint density at radius 2 is 2.05 bits per heavy atom. The van der Waals surface area contributed by atoms with Crippen molar-refractivity contribution >= 4 is 11.6 Å². The monoisotopic (exact) mass is 288 g/mol. The molecule has 2 aromatic rings. The van der Waals surface area contributed by atoms with Crippen molar-refractivity contribution in [1.82, 2.24) is 14.7 Å². The van der Waals surface area contributed by atoms with Crippen LogP contribution in [0.25, 0.3) is 0 Å². The van der Waals surface area contributed by atoms with E-state index in [1.165, 1.54) is 4.68 Å². The fourth-order valence-corrected chi connectivity index (χ4v) is 2.25. The number of aromatic nitrogens is 2. The van der Waals surface area contributed by atoms with Crippen LogP contribution < -0.4 is 5.73 Å². The summed E-state index contributed by atoms with van der Waals surface area (Å²) >= 11 is 0. The van der Waals surface area contributed by atoms with Crippen molar-refractivity contribution in [3.63, 3.8) is 0 Å². The van der Waals surface area contributed by atoms with E-state index in [9.17, 15) is 9.90 Å². The molecule has 0 bridgehead atoms. The second-order valence-corrected chi connectivity index (χ2v) is 4.91. The molecule has 0 aliphatic heterocycles. The van der Waals surface area contributed by atoms with Gasteiger partial charge in [0.25, 0.3) is 5.91 Å². The number of aliphatic hydroxyl groups is 1. The summed E-state index contributed by atoms with van der Waals surface area (Å²) in [5.41, 5.74) is 8.31. The molecule has 112 valence electrons. The van der Waals surface area contributed by atoms with Gasteiger partial charge in [0.05, 0.1) is 18.0 Å². The summed E-state index contributed by atoms with van der Waals surface area (Å²) < 4.78 is 1.49. The van der Waals surface area contributed by atoms with Crippen LogP contribution in [0.4, 0.5) is 5.69 Å². The van der Waals surface area contributed by atoms with Crippen molar-refractivity contribution < 1.29 is 9.90 Å². The summed E-state index contributed by atoms with van der Waals surface area (Å²) in [6, 6.07) is 9.63. The number of hydrogen-bond acceptors (Lipinski definition) is 4. The molecular weight excluding hydrogens is 268 g/mol. The highest BCUT2D eigenvalue weighted by Crippen LogP contribution is 2.18. The molecule has 1 amide bonds. The first kappa shape index (κ1) is 15.1. The van der Waals surface area contributed by atoms with Crippen LogP contribution in [0.1, 0.15) is 21.7 Å². The van der Waals surface area contributed by atoms with Gasteiger partial charge in [-0.15, -0.1) is 0 Å². The van der Waals surface area contributed by atoms with Gasteiger partial charge < -0.3 is 15.7 Å². The van der Waals surface area contributed by atoms with E-state index in [0.29, 0.717) is 23.6 Å². The second kappa shape index (κ2) is 6.41. The first-order valence-electron chi connectivity index (χ1n) is 6.77. The minimum atomic E-state index is -0.228. The van der Waals surface area contributed by atoms with Gasteiger partial charge in [-0.3, -0.25) is 9.48 Å². The van der Waals surface area contributed by atoms with Crippen LogP contribution in [0.2, 0.25) is 0 Å². The van der Waals surface area contributed by atoms with Gasteiger partial charge >= 0.3 is 0 Å². The van der Waals surface area contributed by atoms with Gasteiger partial charge in [-0.1, -0.05) is 30.3 Å². The van der Waals surface area contributed by atoms with Crippen LogP contribution in [-0.4, -0.2) is 38.8 Å². The van der Waals surface area contributed by atoms with Gasteiger partial charge in [-0.25, -0.2) is 0 Å². The zero-order valence-electron chi connectivity index (χ0n) is 12.3. The largest absolute Gasteiger partial charge is 0.395 e. The van der Waals surface area contributed by atoms with E-state index in [1.807, 2.05) is 30.3 Å². The summed E-state index contributed by atoms with van der Waals surface area (Å²) in [6.07, 6.45) is 0. The van der Waals surface area contributed by atoms with E-state index in [4.69, 9.17) is 5.73 Å². The minimum Gasteiger partial charge on any atom is -0.395 e. The standard InChI is InChI=1S/C15H20N4O2/c1-11-13(16)14(18(2)17-11)15(21)19(8-9-20)10-12-6-4-3-5-7-12/h3-7,20H,8-10,16H2,1-2H3. The molecule has 0 spiro atoms. The molecule has 1 aromatic heterocycles. The van der Waals surface area contributed by atoms with Crippen molar-refractivity contribution in [1.29, 1.82) is 0 Å². The first-order chi connectivity index (χ1) is 10.0. The quantitative estimate of drug-likeness (QED) is 0.857. The Kier molecular flexibility index (Phi) is 4.59. The summed E-state index contributed by atoms with van der Waals surface area (Å²) in [6.45, 7) is 2.33. The lowest BCUT2D eigenvalue weighted by Crippen LogP contribution is -2.34. The lowest BCUT2D eigenvalue weighted by atomic mass is 10.2. The summed E-state index contributed by atoms with van der Waals surface area (Å²) in [5.74, 6) is -0.228. The van der Waals surface area contributed by atoms with Crippen LogP contribution in [0.5, 0.6) is 0 Å². The van der Waals surface area contributed by atoms with Gasteiger partial charge in [0.2, 0.25) is 0 Å². The smallest absolute Gasteiger partial charge is 0.274 e. The maximum Gasteiger partial charge on any atom is 0.274 e. The van der Waals surface area contributed by atoms with Crippen LogP contribution in [0.15, 0.2) is 30.3 Å². The van der Waals surface area contributed by atoms with E-state index < -0.39 is 0 Å². The Morgan fingerprint density at radius 1 is 1.38 bits per heavy atom. The van der Waals surface area contributed by atoms with E-state index in [0.717, 1.165) is 5.56 Å². The summed E-state index contributed by atoms with van der Waals surface area (Å²) in [7, 11) is 1.69. The molecule has 0 atom stereocenters. The third-order valence-electron chi connectivity index (χ3n) is 3.34. The van der Waals surface area contributed by atoms with E-state index in [2.05, 4.69) is 5.10 Å². The van der Waals surface area contributed by atoms with Crippen molar-refractivity contribution in [2.24, 2.45) is 7.05 Å². The van der Waals surface area contributed by atoms with Crippen LogP contribution in [0.3, 0.4) is 0 Å². The number of hydrogen-bond donors (Lipinski definition) is 2.